The van der Waals surface area contributed by atoms with Gasteiger partial charge >= 0.3 is 0 Å². The van der Waals surface area contributed by atoms with Crippen molar-refractivity contribution < 1.29 is 13.9 Å². The number of piperidine rings is 1. The Bertz CT molecular complexity index is 918. The molecule has 0 saturated carbocycles. The molecule has 2 aliphatic heterocycles. The molecule has 0 unspecified atom stereocenters. The van der Waals surface area contributed by atoms with Crippen molar-refractivity contribution in [3.63, 3.8) is 0 Å². The Morgan fingerprint density at radius 1 is 1.21 bits per heavy atom. The summed E-state index contributed by atoms with van der Waals surface area (Å²) in [6.07, 6.45) is 3.65. The van der Waals surface area contributed by atoms with Gasteiger partial charge in [0.05, 0.1) is 11.8 Å². The van der Waals surface area contributed by atoms with E-state index in [0.29, 0.717) is 31.1 Å². The Balaban J connectivity index is 1.37. The molecule has 4 rings (SSSR count). The van der Waals surface area contributed by atoms with Crippen LogP contribution in [0.4, 0.5) is 10.2 Å². The molecule has 1 N–H and O–H groups in total. The molecular formula is C21H25FN4O3. The van der Waals surface area contributed by atoms with E-state index in [1.165, 1.54) is 22.9 Å². The number of carbonyl (C=O) groups excluding carboxylic acids is 1. The number of rotatable bonds is 5. The quantitative estimate of drug-likeness (QED) is 0.830. The zero-order chi connectivity index (χ0) is 20.2. The second-order valence-corrected chi connectivity index (χ2v) is 7.56. The minimum Gasteiger partial charge on any atom is -0.376 e. The molecule has 2 aliphatic rings. The summed E-state index contributed by atoms with van der Waals surface area (Å²) >= 11 is 0. The topological polar surface area (TPSA) is 76.5 Å². The van der Waals surface area contributed by atoms with E-state index in [1.54, 1.807) is 18.2 Å². The van der Waals surface area contributed by atoms with Gasteiger partial charge in [0.2, 0.25) is 5.91 Å². The SMILES string of the molecule is O=C(NC[C@H]1CCCO1)C1CCN(c2ccc(=O)n(-c3cccc(F)c3)n2)CC1. The second kappa shape index (κ2) is 8.73. The molecule has 154 valence electrons. The molecule has 1 amide bonds. The summed E-state index contributed by atoms with van der Waals surface area (Å²) in [7, 11) is 0. The van der Waals surface area contributed by atoms with E-state index in [4.69, 9.17) is 4.74 Å². The van der Waals surface area contributed by atoms with E-state index < -0.39 is 5.82 Å². The lowest BCUT2D eigenvalue weighted by atomic mass is 9.96. The fourth-order valence-electron chi connectivity index (χ4n) is 3.90. The molecule has 3 heterocycles. The molecule has 0 aliphatic carbocycles. The van der Waals surface area contributed by atoms with Crippen LogP contribution in [0.2, 0.25) is 0 Å². The minimum absolute atomic E-state index is 0.0261. The molecular weight excluding hydrogens is 375 g/mol. The van der Waals surface area contributed by atoms with Crippen LogP contribution < -0.4 is 15.8 Å². The van der Waals surface area contributed by atoms with Gasteiger partial charge in [-0.3, -0.25) is 9.59 Å². The first-order valence-corrected chi connectivity index (χ1v) is 10.1. The number of hydrogen-bond donors (Lipinski definition) is 1. The zero-order valence-electron chi connectivity index (χ0n) is 16.2. The standard InChI is InChI=1S/C21H25FN4O3/c22-16-3-1-4-17(13-16)26-20(27)7-6-19(24-26)25-10-8-15(9-11-25)21(28)23-14-18-5-2-12-29-18/h1,3-4,6-7,13,15,18H,2,5,8-12,14H2,(H,23,28)/t18-/m1/s1. The van der Waals surface area contributed by atoms with Crippen molar-refractivity contribution in [2.24, 2.45) is 5.92 Å². The minimum atomic E-state index is -0.420. The number of anilines is 1. The monoisotopic (exact) mass is 400 g/mol. The molecule has 8 heteroatoms. The number of carbonyl (C=O) groups is 1. The first kappa shape index (κ1) is 19.6. The maximum Gasteiger partial charge on any atom is 0.271 e. The van der Waals surface area contributed by atoms with Crippen molar-refractivity contribution >= 4 is 11.7 Å². The Hall–Kier alpha value is -2.74. The molecule has 0 radical (unpaired) electrons. The normalized spacial score (nSPS) is 20.0. The maximum absolute atomic E-state index is 13.5. The highest BCUT2D eigenvalue weighted by molar-refractivity contribution is 5.79. The number of nitrogens with one attached hydrogen (secondary N) is 1. The number of nitrogens with zero attached hydrogens (tertiary/aromatic N) is 3. The molecule has 2 saturated heterocycles. The molecule has 0 spiro atoms. The van der Waals surface area contributed by atoms with E-state index in [1.807, 2.05) is 0 Å². The van der Waals surface area contributed by atoms with Crippen LogP contribution in [-0.2, 0) is 9.53 Å². The summed E-state index contributed by atoms with van der Waals surface area (Å²) in [6.45, 7) is 2.71. The fraction of sp³-hybridized carbons (Fsp3) is 0.476. The van der Waals surface area contributed by atoms with Gasteiger partial charge in [0.25, 0.3) is 5.56 Å². The molecule has 1 aromatic heterocycles. The van der Waals surface area contributed by atoms with Crippen LogP contribution >= 0.6 is 0 Å². The average molecular weight is 400 g/mol. The van der Waals surface area contributed by atoms with Gasteiger partial charge in [-0.15, -0.1) is 5.10 Å². The van der Waals surface area contributed by atoms with E-state index in [0.717, 1.165) is 32.3 Å². The Labute approximate surface area is 168 Å². The van der Waals surface area contributed by atoms with Crippen LogP contribution in [0, 0.1) is 11.7 Å². The zero-order valence-corrected chi connectivity index (χ0v) is 16.2. The van der Waals surface area contributed by atoms with Gasteiger partial charge in [-0.25, -0.2) is 4.39 Å². The van der Waals surface area contributed by atoms with Crippen LogP contribution in [0.5, 0.6) is 0 Å². The summed E-state index contributed by atoms with van der Waals surface area (Å²) in [6, 6.07) is 8.91. The van der Waals surface area contributed by atoms with Crippen molar-refractivity contribution in [2.45, 2.75) is 31.8 Å². The van der Waals surface area contributed by atoms with Gasteiger partial charge in [-0.05, 0) is 49.9 Å². The largest absolute Gasteiger partial charge is 0.376 e. The maximum atomic E-state index is 13.5. The number of ether oxygens (including phenoxy) is 1. The van der Waals surface area contributed by atoms with E-state index >= 15 is 0 Å². The highest BCUT2D eigenvalue weighted by atomic mass is 19.1. The van der Waals surface area contributed by atoms with E-state index in [2.05, 4.69) is 15.3 Å². The van der Waals surface area contributed by atoms with Crippen molar-refractivity contribution in [2.75, 3.05) is 31.1 Å². The van der Waals surface area contributed by atoms with Crippen molar-refractivity contribution in [3.05, 3.63) is 52.6 Å². The molecule has 2 aromatic rings. The lowest BCUT2D eigenvalue weighted by molar-refractivity contribution is -0.126. The van der Waals surface area contributed by atoms with Crippen molar-refractivity contribution in [1.82, 2.24) is 15.1 Å². The van der Waals surface area contributed by atoms with Gasteiger partial charge in [0, 0.05) is 38.2 Å². The van der Waals surface area contributed by atoms with Gasteiger partial charge in [-0.1, -0.05) is 6.07 Å². The van der Waals surface area contributed by atoms with Crippen LogP contribution in [0.25, 0.3) is 5.69 Å². The van der Waals surface area contributed by atoms with E-state index in [-0.39, 0.29) is 23.5 Å². The van der Waals surface area contributed by atoms with Crippen molar-refractivity contribution in [3.8, 4) is 5.69 Å². The second-order valence-electron chi connectivity index (χ2n) is 7.56. The number of hydrogen-bond acceptors (Lipinski definition) is 5. The van der Waals surface area contributed by atoms with Crippen molar-refractivity contribution in [1.29, 1.82) is 0 Å². The predicted octanol–water partition coefficient (Wildman–Crippen LogP) is 1.88. The summed E-state index contributed by atoms with van der Waals surface area (Å²) in [5.74, 6) is 0.281. The summed E-state index contributed by atoms with van der Waals surface area (Å²) in [4.78, 5) is 26.7. The van der Waals surface area contributed by atoms with Gasteiger partial charge in [0.1, 0.15) is 11.6 Å². The fourth-order valence-corrected chi connectivity index (χ4v) is 3.90. The number of halogens is 1. The Morgan fingerprint density at radius 3 is 2.76 bits per heavy atom. The molecule has 7 nitrogen and oxygen atoms in total. The smallest absolute Gasteiger partial charge is 0.271 e. The van der Waals surface area contributed by atoms with Crippen LogP contribution in [0.15, 0.2) is 41.2 Å². The third-order valence-corrected chi connectivity index (χ3v) is 5.56. The van der Waals surface area contributed by atoms with Crippen LogP contribution in [0.1, 0.15) is 25.7 Å². The van der Waals surface area contributed by atoms with Crippen LogP contribution in [0.3, 0.4) is 0 Å². The molecule has 1 atom stereocenters. The summed E-state index contributed by atoms with van der Waals surface area (Å²) < 4.78 is 20.3. The third kappa shape index (κ3) is 4.64. The first-order chi connectivity index (χ1) is 14.1. The number of aromatic nitrogens is 2. The molecule has 29 heavy (non-hydrogen) atoms. The predicted molar refractivity (Wildman–Crippen MR) is 107 cm³/mol. The van der Waals surface area contributed by atoms with Crippen LogP contribution in [-0.4, -0.2) is 48.0 Å². The van der Waals surface area contributed by atoms with Gasteiger partial charge < -0.3 is 15.0 Å². The Morgan fingerprint density at radius 2 is 2.03 bits per heavy atom. The summed E-state index contributed by atoms with van der Waals surface area (Å²) in [5.41, 5.74) is 0.0722. The van der Waals surface area contributed by atoms with Gasteiger partial charge in [-0.2, -0.15) is 4.68 Å². The van der Waals surface area contributed by atoms with Gasteiger partial charge in [0.15, 0.2) is 0 Å². The molecule has 1 aromatic carbocycles. The number of amides is 1. The molecule has 0 bridgehead atoms. The highest BCUT2D eigenvalue weighted by Gasteiger charge is 2.27. The highest BCUT2D eigenvalue weighted by Crippen LogP contribution is 2.22. The first-order valence-electron chi connectivity index (χ1n) is 10.1. The lowest BCUT2D eigenvalue weighted by Gasteiger charge is -2.32. The third-order valence-electron chi connectivity index (χ3n) is 5.56. The van der Waals surface area contributed by atoms with E-state index in [9.17, 15) is 14.0 Å². The Kier molecular flexibility index (Phi) is 5.89. The number of benzene rings is 1. The average Bonchev–Trinajstić information content (AvgIpc) is 3.26. The molecule has 2 fully saturated rings. The summed E-state index contributed by atoms with van der Waals surface area (Å²) in [5, 5.41) is 7.43. The lowest BCUT2D eigenvalue weighted by Crippen LogP contribution is -2.43.